The van der Waals surface area contributed by atoms with Gasteiger partial charge in [-0.15, -0.1) is 0 Å². The first-order valence-corrected chi connectivity index (χ1v) is 5.54. The molecule has 1 radical (unpaired) electrons. The lowest BCUT2D eigenvalue weighted by Crippen LogP contribution is -2.31. The number of hydrogen-bond acceptors (Lipinski definition) is 3. The Kier molecular flexibility index (Phi) is 5.15. The number of unbranched alkanes of at least 4 members (excludes halogenated alkanes) is 4. The Labute approximate surface area is 90.6 Å². The highest BCUT2D eigenvalue weighted by Gasteiger charge is 2.27. The van der Waals surface area contributed by atoms with Crippen molar-refractivity contribution in [3.8, 4) is 0 Å². The Morgan fingerprint density at radius 1 is 1.53 bits per heavy atom. The van der Waals surface area contributed by atoms with E-state index in [0.29, 0.717) is 19.6 Å². The molecular weight excluding hydrogens is 194 g/mol. The van der Waals surface area contributed by atoms with Crippen LogP contribution in [0.5, 0.6) is 0 Å². The van der Waals surface area contributed by atoms with Crippen molar-refractivity contribution in [1.82, 2.24) is 4.90 Å². The SMILES string of the molecule is CCCC[CH]CCC(=O)N1CCOC1=O. The molecule has 1 aliphatic heterocycles. The van der Waals surface area contributed by atoms with Crippen molar-refractivity contribution in [2.45, 2.75) is 39.0 Å². The molecule has 0 saturated carbocycles. The summed E-state index contributed by atoms with van der Waals surface area (Å²) in [5.41, 5.74) is 0. The van der Waals surface area contributed by atoms with Gasteiger partial charge in [-0.2, -0.15) is 0 Å². The van der Waals surface area contributed by atoms with Crippen LogP contribution in [0.15, 0.2) is 0 Å². The van der Waals surface area contributed by atoms with E-state index in [9.17, 15) is 9.59 Å². The van der Waals surface area contributed by atoms with Crippen LogP contribution in [0.2, 0.25) is 0 Å². The Morgan fingerprint density at radius 3 is 2.93 bits per heavy atom. The molecule has 4 nitrogen and oxygen atoms in total. The normalized spacial score (nSPS) is 15.5. The molecule has 0 unspecified atom stereocenters. The molecule has 4 heteroatoms. The molecule has 1 heterocycles. The van der Waals surface area contributed by atoms with E-state index in [-0.39, 0.29) is 5.91 Å². The number of ether oxygens (including phenoxy) is 1. The summed E-state index contributed by atoms with van der Waals surface area (Å²) in [4.78, 5) is 23.7. The lowest BCUT2D eigenvalue weighted by molar-refractivity contribution is -0.127. The lowest BCUT2D eigenvalue weighted by atomic mass is 10.1. The van der Waals surface area contributed by atoms with Crippen LogP contribution in [-0.2, 0) is 9.53 Å². The Bertz CT molecular complexity index is 228. The Morgan fingerprint density at radius 2 is 2.33 bits per heavy atom. The summed E-state index contributed by atoms with van der Waals surface area (Å²) >= 11 is 0. The molecule has 0 bridgehead atoms. The molecule has 1 saturated heterocycles. The first-order valence-electron chi connectivity index (χ1n) is 5.54. The summed E-state index contributed by atoms with van der Waals surface area (Å²) in [6.07, 6.45) is 6.18. The maximum absolute atomic E-state index is 11.5. The molecule has 0 aromatic carbocycles. The first kappa shape index (κ1) is 12.0. The summed E-state index contributed by atoms with van der Waals surface area (Å²) in [7, 11) is 0. The molecule has 0 aromatic heterocycles. The minimum absolute atomic E-state index is 0.120. The number of cyclic esters (lactones) is 1. The van der Waals surface area contributed by atoms with Gasteiger partial charge in [0.1, 0.15) is 6.61 Å². The average molecular weight is 212 g/mol. The standard InChI is InChI=1S/C11H18NO3/c1-2-3-4-5-6-7-10(13)12-8-9-15-11(12)14/h5H,2-4,6-9H2,1H3. The number of carbonyl (C=O) groups is 2. The van der Waals surface area contributed by atoms with Crippen molar-refractivity contribution in [2.24, 2.45) is 0 Å². The third-order valence-electron chi connectivity index (χ3n) is 2.39. The molecule has 0 atom stereocenters. The van der Waals surface area contributed by atoms with E-state index < -0.39 is 6.09 Å². The summed E-state index contributed by atoms with van der Waals surface area (Å²) < 4.78 is 4.69. The lowest BCUT2D eigenvalue weighted by Gasteiger charge is -2.09. The third kappa shape index (κ3) is 3.90. The largest absolute Gasteiger partial charge is 0.447 e. The van der Waals surface area contributed by atoms with Crippen LogP contribution in [0, 0.1) is 6.42 Å². The zero-order chi connectivity index (χ0) is 11.1. The highest BCUT2D eigenvalue weighted by atomic mass is 16.6. The van der Waals surface area contributed by atoms with Gasteiger partial charge in [0.25, 0.3) is 0 Å². The van der Waals surface area contributed by atoms with E-state index in [1.807, 2.05) is 0 Å². The van der Waals surface area contributed by atoms with Gasteiger partial charge in [-0.25, -0.2) is 9.69 Å². The second-order valence-electron chi connectivity index (χ2n) is 3.63. The molecular formula is C11H18NO3. The molecule has 1 rings (SSSR count). The second kappa shape index (κ2) is 6.43. The molecule has 0 aliphatic carbocycles. The van der Waals surface area contributed by atoms with Crippen molar-refractivity contribution in [3.05, 3.63) is 6.42 Å². The van der Waals surface area contributed by atoms with Crippen LogP contribution in [0.4, 0.5) is 4.79 Å². The van der Waals surface area contributed by atoms with Crippen molar-refractivity contribution >= 4 is 12.0 Å². The quantitative estimate of drug-likeness (QED) is 0.634. The van der Waals surface area contributed by atoms with Crippen LogP contribution in [-0.4, -0.2) is 30.1 Å². The zero-order valence-corrected chi connectivity index (χ0v) is 9.20. The number of imide groups is 1. The molecule has 0 aromatic rings. The van der Waals surface area contributed by atoms with Crippen molar-refractivity contribution in [3.63, 3.8) is 0 Å². The minimum Gasteiger partial charge on any atom is -0.447 e. The Hall–Kier alpha value is -1.06. The highest BCUT2D eigenvalue weighted by Crippen LogP contribution is 2.09. The number of carbonyl (C=O) groups excluding carboxylic acids is 2. The summed E-state index contributed by atoms with van der Waals surface area (Å²) in [5, 5.41) is 0. The molecule has 85 valence electrons. The van der Waals surface area contributed by atoms with E-state index in [2.05, 4.69) is 18.1 Å². The summed E-state index contributed by atoms with van der Waals surface area (Å²) in [6, 6.07) is 0. The summed E-state index contributed by atoms with van der Waals surface area (Å²) in [5.74, 6) is -0.120. The van der Waals surface area contributed by atoms with Gasteiger partial charge in [-0.05, 0) is 12.8 Å². The van der Waals surface area contributed by atoms with Gasteiger partial charge >= 0.3 is 6.09 Å². The minimum atomic E-state index is -0.492. The molecule has 2 amide bonds. The maximum Gasteiger partial charge on any atom is 0.416 e. The Balaban J connectivity index is 2.10. The predicted molar refractivity (Wildman–Crippen MR) is 56.1 cm³/mol. The van der Waals surface area contributed by atoms with Crippen LogP contribution >= 0.6 is 0 Å². The maximum atomic E-state index is 11.5. The number of hydrogen-bond donors (Lipinski definition) is 0. The highest BCUT2D eigenvalue weighted by molar-refractivity contribution is 5.92. The zero-order valence-electron chi connectivity index (χ0n) is 9.20. The van der Waals surface area contributed by atoms with Crippen LogP contribution in [0.25, 0.3) is 0 Å². The third-order valence-corrected chi connectivity index (χ3v) is 2.39. The van der Waals surface area contributed by atoms with Gasteiger partial charge in [0.05, 0.1) is 6.54 Å². The summed E-state index contributed by atoms with van der Waals surface area (Å²) in [6.45, 7) is 2.88. The van der Waals surface area contributed by atoms with E-state index in [1.165, 1.54) is 17.7 Å². The first-order chi connectivity index (χ1) is 7.25. The average Bonchev–Trinajstić information content (AvgIpc) is 2.64. The van der Waals surface area contributed by atoms with Gasteiger partial charge in [-0.3, -0.25) is 4.79 Å². The molecule has 1 fully saturated rings. The molecule has 15 heavy (non-hydrogen) atoms. The predicted octanol–water partition coefficient (Wildman–Crippen LogP) is 2.14. The van der Waals surface area contributed by atoms with Gasteiger partial charge in [0.15, 0.2) is 0 Å². The van der Waals surface area contributed by atoms with Crippen LogP contribution in [0.1, 0.15) is 39.0 Å². The smallest absolute Gasteiger partial charge is 0.416 e. The van der Waals surface area contributed by atoms with Crippen LogP contribution < -0.4 is 0 Å². The van der Waals surface area contributed by atoms with Crippen molar-refractivity contribution in [1.29, 1.82) is 0 Å². The fourth-order valence-corrected chi connectivity index (χ4v) is 1.47. The van der Waals surface area contributed by atoms with Gasteiger partial charge in [0, 0.05) is 6.42 Å². The monoisotopic (exact) mass is 212 g/mol. The van der Waals surface area contributed by atoms with E-state index in [0.717, 1.165) is 12.8 Å². The van der Waals surface area contributed by atoms with Crippen molar-refractivity contribution in [2.75, 3.05) is 13.2 Å². The fourth-order valence-electron chi connectivity index (χ4n) is 1.47. The number of amides is 2. The van der Waals surface area contributed by atoms with E-state index >= 15 is 0 Å². The van der Waals surface area contributed by atoms with E-state index in [1.54, 1.807) is 0 Å². The van der Waals surface area contributed by atoms with E-state index in [4.69, 9.17) is 0 Å². The molecule has 0 N–H and O–H groups in total. The van der Waals surface area contributed by atoms with Gasteiger partial charge in [0.2, 0.25) is 5.91 Å². The van der Waals surface area contributed by atoms with Crippen LogP contribution in [0.3, 0.4) is 0 Å². The molecule has 0 spiro atoms. The fraction of sp³-hybridized carbons (Fsp3) is 0.727. The number of rotatable bonds is 6. The number of nitrogens with zero attached hydrogens (tertiary/aromatic N) is 1. The van der Waals surface area contributed by atoms with Gasteiger partial charge < -0.3 is 4.74 Å². The second-order valence-corrected chi connectivity index (χ2v) is 3.63. The molecule has 1 aliphatic rings. The van der Waals surface area contributed by atoms with Crippen molar-refractivity contribution < 1.29 is 14.3 Å². The topological polar surface area (TPSA) is 46.6 Å². The van der Waals surface area contributed by atoms with Gasteiger partial charge in [-0.1, -0.05) is 26.2 Å².